The summed E-state index contributed by atoms with van der Waals surface area (Å²) in [5.41, 5.74) is 2.57. The molecule has 35 heavy (non-hydrogen) atoms. The number of hydrogen-bond donors (Lipinski definition) is 0. The molecule has 1 aromatic carbocycles. The van der Waals surface area contributed by atoms with Crippen LogP contribution in [0, 0.1) is 0 Å². The summed E-state index contributed by atoms with van der Waals surface area (Å²) in [5.74, 6) is -0.490. The number of esters is 1. The van der Waals surface area contributed by atoms with Gasteiger partial charge < -0.3 is 19.4 Å². The molecule has 1 fully saturated rings. The Labute approximate surface area is 213 Å². The van der Waals surface area contributed by atoms with Crippen molar-refractivity contribution in [2.24, 2.45) is 4.99 Å². The van der Waals surface area contributed by atoms with Gasteiger partial charge >= 0.3 is 5.97 Å². The number of carbonyl (C=O) groups excluding carboxylic acids is 3. The number of halogens is 1. The second-order valence-electron chi connectivity index (χ2n) is 8.40. The molecule has 10 heteroatoms. The topological polar surface area (TPSA) is 82.5 Å². The summed E-state index contributed by atoms with van der Waals surface area (Å²) in [7, 11) is 0. The van der Waals surface area contributed by atoms with Gasteiger partial charge in [-0.05, 0) is 30.0 Å². The van der Waals surface area contributed by atoms with Crippen molar-refractivity contribution in [3.05, 3.63) is 69.9 Å². The van der Waals surface area contributed by atoms with Crippen LogP contribution < -0.4 is 0 Å². The Morgan fingerprint density at radius 3 is 2.46 bits per heavy atom. The van der Waals surface area contributed by atoms with Crippen LogP contribution in [-0.4, -0.2) is 70.4 Å². The highest BCUT2D eigenvalue weighted by Crippen LogP contribution is 2.45. The molecule has 2 amide bonds. The number of amides is 2. The molecule has 1 unspecified atom stereocenters. The lowest BCUT2D eigenvalue weighted by molar-refractivity contribution is -0.138. The molecule has 0 saturated carbocycles. The van der Waals surface area contributed by atoms with E-state index < -0.39 is 12.0 Å². The summed E-state index contributed by atoms with van der Waals surface area (Å²) in [4.78, 5) is 48.0. The van der Waals surface area contributed by atoms with Gasteiger partial charge in [-0.2, -0.15) is 0 Å². The smallest absolute Gasteiger partial charge is 0.338 e. The minimum absolute atomic E-state index is 0.0185. The fourth-order valence-electron chi connectivity index (χ4n) is 4.34. The van der Waals surface area contributed by atoms with Crippen LogP contribution >= 0.6 is 23.4 Å². The summed E-state index contributed by atoms with van der Waals surface area (Å²) in [6, 6.07) is 6.77. The van der Waals surface area contributed by atoms with Crippen molar-refractivity contribution >= 4 is 46.3 Å². The molecule has 3 aliphatic heterocycles. The van der Waals surface area contributed by atoms with E-state index in [1.54, 1.807) is 35.8 Å². The van der Waals surface area contributed by atoms with Crippen LogP contribution in [-0.2, 0) is 19.1 Å². The van der Waals surface area contributed by atoms with Crippen molar-refractivity contribution in [2.45, 2.75) is 26.3 Å². The molecule has 1 atom stereocenters. The van der Waals surface area contributed by atoms with E-state index in [1.165, 1.54) is 17.8 Å². The number of piperazine rings is 1. The summed E-state index contributed by atoms with van der Waals surface area (Å²) < 4.78 is 5.40. The maximum absolute atomic E-state index is 13.2. The number of carbonyl (C=O) groups is 3. The van der Waals surface area contributed by atoms with Crippen LogP contribution in [0.4, 0.5) is 0 Å². The molecule has 0 radical (unpaired) electrons. The zero-order valence-corrected chi connectivity index (χ0v) is 21.3. The lowest BCUT2D eigenvalue weighted by Crippen LogP contribution is -2.50. The fraction of sp³-hybridized carbons (Fsp3) is 0.360. The zero-order valence-electron chi connectivity index (χ0n) is 19.7. The second-order valence-corrected chi connectivity index (χ2v) is 9.67. The number of allylic oxidation sites excluding steroid dienone is 1. The van der Waals surface area contributed by atoms with Crippen molar-refractivity contribution in [1.82, 2.24) is 14.7 Å². The molecule has 0 spiro atoms. The van der Waals surface area contributed by atoms with E-state index in [0.717, 1.165) is 11.3 Å². The van der Waals surface area contributed by atoms with Gasteiger partial charge in [-0.3, -0.25) is 9.59 Å². The predicted octanol–water partition coefficient (Wildman–Crippen LogP) is 3.72. The Kier molecular flexibility index (Phi) is 7.66. The van der Waals surface area contributed by atoms with E-state index in [0.29, 0.717) is 47.6 Å². The van der Waals surface area contributed by atoms with Crippen molar-refractivity contribution < 1.29 is 19.1 Å². The third kappa shape index (κ3) is 5.31. The number of ether oxygens (including phenoxy) is 1. The van der Waals surface area contributed by atoms with Crippen molar-refractivity contribution in [2.75, 3.05) is 32.8 Å². The number of fused-ring (bicyclic) bond motifs is 1. The lowest BCUT2D eigenvalue weighted by atomic mass is 9.94. The van der Waals surface area contributed by atoms with Gasteiger partial charge in [0.2, 0.25) is 11.8 Å². The lowest BCUT2D eigenvalue weighted by Gasteiger charge is -2.37. The minimum Gasteiger partial charge on any atom is -0.458 e. The molecular formula is C25H27ClN4O4S. The fourth-order valence-corrected chi connectivity index (χ4v) is 5.43. The van der Waals surface area contributed by atoms with Gasteiger partial charge in [0.05, 0.1) is 23.7 Å². The maximum Gasteiger partial charge on any atom is 0.338 e. The molecule has 8 nitrogen and oxygen atoms in total. The molecule has 3 aliphatic rings. The molecule has 0 aromatic heterocycles. The highest BCUT2D eigenvalue weighted by atomic mass is 35.5. The number of nitrogens with zero attached hydrogens (tertiary/aromatic N) is 4. The van der Waals surface area contributed by atoms with Crippen LogP contribution in [0.2, 0.25) is 5.02 Å². The quantitative estimate of drug-likeness (QED) is 0.425. The largest absolute Gasteiger partial charge is 0.458 e. The summed E-state index contributed by atoms with van der Waals surface area (Å²) in [5, 5.41) is 3.20. The van der Waals surface area contributed by atoms with E-state index in [2.05, 4.69) is 11.6 Å². The van der Waals surface area contributed by atoms with E-state index in [4.69, 9.17) is 16.3 Å². The van der Waals surface area contributed by atoms with Crippen LogP contribution in [0.3, 0.4) is 0 Å². The van der Waals surface area contributed by atoms with Gasteiger partial charge in [0.15, 0.2) is 5.17 Å². The molecular weight excluding hydrogens is 488 g/mol. The maximum atomic E-state index is 13.2. The van der Waals surface area contributed by atoms with E-state index in [1.807, 2.05) is 22.4 Å². The SMILES string of the molecule is C=CCOC(=O)C1=C(C)N=C2SC=C(CC(=O)N3CCN(C(C)=O)CC3)N2C1c1ccc(Cl)cc1. The Morgan fingerprint density at radius 1 is 1.17 bits per heavy atom. The van der Waals surface area contributed by atoms with Crippen molar-refractivity contribution in [3.63, 3.8) is 0 Å². The molecule has 3 heterocycles. The molecule has 0 aliphatic carbocycles. The highest BCUT2D eigenvalue weighted by Gasteiger charge is 2.41. The second kappa shape index (κ2) is 10.7. The average molecular weight is 515 g/mol. The van der Waals surface area contributed by atoms with Crippen LogP contribution in [0.25, 0.3) is 0 Å². The molecule has 0 N–H and O–H groups in total. The Hall–Kier alpha value is -3.04. The Morgan fingerprint density at radius 2 is 1.83 bits per heavy atom. The molecule has 4 rings (SSSR count). The number of hydrogen-bond acceptors (Lipinski definition) is 7. The zero-order chi connectivity index (χ0) is 25.1. The van der Waals surface area contributed by atoms with Crippen LogP contribution in [0.5, 0.6) is 0 Å². The van der Waals surface area contributed by atoms with Gasteiger partial charge in [0.1, 0.15) is 6.61 Å². The van der Waals surface area contributed by atoms with Crippen LogP contribution in [0.1, 0.15) is 31.9 Å². The van der Waals surface area contributed by atoms with Gasteiger partial charge in [0.25, 0.3) is 0 Å². The van der Waals surface area contributed by atoms with Crippen molar-refractivity contribution in [1.29, 1.82) is 0 Å². The molecule has 1 saturated heterocycles. The normalized spacial score (nSPS) is 19.7. The Balaban J connectivity index is 1.61. The highest BCUT2D eigenvalue weighted by molar-refractivity contribution is 8.16. The molecule has 184 valence electrons. The minimum atomic E-state index is -0.513. The van der Waals surface area contributed by atoms with E-state index >= 15 is 0 Å². The Bertz CT molecular complexity index is 1140. The van der Waals surface area contributed by atoms with Gasteiger partial charge in [-0.1, -0.05) is 48.2 Å². The van der Waals surface area contributed by atoms with Gasteiger partial charge in [0, 0.05) is 43.8 Å². The van der Waals surface area contributed by atoms with E-state index in [-0.39, 0.29) is 24.8 Å². The predicted molar refractivity (Wildman–Crippen MR) is 136 cm³/mol. The molecule has 0 bridgehead atoms. The number of thioether (sulfide) groups is 1. The summed E-state index contributed by atoms with van der Waals surface area (Å²) >= 11 is 7.56. The number of benzene rings is 1. The standard InChI is InChI=1S/C25H27ClN4O4S/c1-4-13-34-24(33)22-16(2)27-25-30(23(22)18-5-7-19(26)8-6-18)20(15-35-25)14-21(32)29-11-9-28(10-12-29)17(3)31/h4-8,15,23H,1,9-14H2,2-3H3. The number of aliphatic imine (C=N–C) groups is 1. The first-order valence-electron chi connectivity index (χ1n) is 11.3. The third-order valence-electron chi connectivity index (χ3n) is 6.15. The molecule has 1 aromatic rings. The third-order valence-corrected chi connectivity index (χ3v) is 7.29. The van der Waals surface area contributed by atoms with Crippen LogP contribution in [0.15, 0.2) is 64.3 Å². The van der Waals surface area contributed by atoms with E-state index in [9.17, 15) is 14.4 Å². The number of rotatable bonds is 6. The first-order valence-corrected chi connectivity index (χ1v) is 12.6. The van der Waals surface area contributed by atoms with Crippen molar-refractivity contribution in [3.8, 4) is 0 Å². The summed E-state index contributed by atoms with van der Waals surface area (Å²) in [6.45, 7) is 9.08. The average Bonchev–Trinajstić information content (AvgIpc) is 3.24. The van der Waals surface area contributed by atoms with Gasteiger partial charge in [-0.25, -0.2) is 9.79 Å². The van der Waals surface area contributed by atoms with Gasteiger partial charge in [-0.15, -0.1) is 0 Å². The first-order chi connectivity index (χ1) is 16.8. The summed E-state index contributed by atoms with van der Waals surface area (Å²) in [6.07, 6.45) is 1.67. The monoisotopic (exact) mass is 514 g/mol. The first kappa shape index (κ1) is 25.1. The number of amidine groups is 1.